The van der Waals surface area contributed by atoms with Gasteiger partial charge in [0.15, 0.2) is 0 Å². The van der Waals surface area contributed by atoms with Gasteiger partial charge < -0.3 is 9.64 Å². The molecule has 2 aromatic rings. The summed E-state index contributed by atoms with van der Waals surface area (Å²) in [6.45, 7) is 1.67. The van der Waals surface area contributed by atoms with Gasteiger partial charge in [-0.3, -0.25) is 9.78 Å². The van der Waals surface area contributed by atoms with Crippen molar-refractivity contribution in [3.8, 4) is 0 Å². The van der Waals surface area contributed by atoms with Crippen molar-refractivity contribution < 1.29 is 9.53 Å². The van der Waals surface area contributed by atoms with E-state index in [2.05, 4.69) is 4.98 Å². The molecule has 26 heavy (non-hydrogen) atoms. The van der Waals surface area contributed by atoms with Crippen molar-refractivity contribution in [3.05, 3.63) is 64.9 Å². The van der Waals surface area contributed by atoms with Crippen LogP contribution in [0.2, 0.25) is 5.02 Å². The Morgan fingerprint density at radius 3 is 2.42 bits per heavy atom. The number of pyridine rings is 1. The topological polar surface area (TPSA) is 42.4 Å². The molecule has 0 spiro atoms. The fourth-order valence-corrected chi connectivity index (χ4v) is 3.96. The lowest BCUT2D eigenvalue weighted by Gasteiger charge is -2.35. The summed E-state index contributed by atoms with van der Waals surface area (Å²) in [6, 6.07) is 11.7. The summed E-state index contributed by atoms with van der Waals surface area (Å²) in [5, 5.41) is 0.697. The Labute approximate surface area is 160 Å². The van der Waals surface area contributed by atoms with Crippen LogP contribution in [-0.2, 0) is 21.5 Å². The van der Waals surface area contributed by atoms with Gasteiger partial charge in [-0.05, 0) is 48.2 Å². The molecule has 0 saturated heterocycles. The van der Waals surface area contributed by atoms with Crippen LogP contribution in [0.1, 0.15) is 36.8 Å². The van der Waals surface area contributed by atoms with Crippen molar-refractivity contribution in [2.45, 2.75) is 37.6 Å². The Kier molecular flexibility index (Phi) is 6.28. The van der Waals surface area contributed by atoms with Gasteiger partial charge >= 0.3 is 0 Å². The first-order chi connectivity index (χ1) is 12.7. The Bertz CT molecular complexity index is 713. The average molecular weight is 373 g/mol. The number of carbonyl (C=O) groups is 1. The predicted octanol–water partition coefficient (Wildman–Crippen LogP) is 4.22. The van der Waals surface area contributed by atoms with Crippen LogP contribution in [0.4, 0.5) is 0 Å². The normalized spacial score (nSPS) is 15.8. The fraction of sp³-hybridized carbons (Fsp3) is 0.429. The molecule has 0 aliphatic heterocycles. The van der Waals surface area contributed by atoms with E-state index in [-0.39, 0.29) is 5.91 Å². The molecule has 0 radical (unpaired) electrons. The number of aromatic nitrogens is 1. The highest BCUT2D eigenvalue weighted by Gasteiger charge is 2.44. The van der Waals surface area contributed by atoms with Gasteiger partial charge in [0, 0.05) is 37.6 Å². The van der Waals surface area contributed by atoms with Crippen LogP contribution in [0.3, 0.4) is 0 Å². The van der Waals surface area contributed by atoms with Gasteiger partial charge in [-0.2, -0.15) is 0 Å². The van der Waals surface area contributed by atoms with Gasteiger partial charge in [-0.25, -0.2) is 0 Å². The maximum absolute atomic E-state index is 13.7. The quantitative estimate of drug-likeness (QED) is 0.730. The van der Waals surface area contributed by atoms with Gasteiger partial charge in [0.1, 0.15) is 0 Å². The molecule has 138 valence electrons. The van der Waals surface area contributed by atoms with Crippen molar-refractivity contribution in [1.82, 2.24) is 9.88 Å². The predicted molar refractivity (Wildman–Crippen MR) is 103 cm³/mol. The Morgan fingerprint density at radius 2 is 1.81 bits per heavy atom. The molecule has 4 nitrogen and oxygen atoms in total. The van der Waals surface area contributed by atoms with Crippen LogP contribution in [-0.4, -0.2) is 36.1 Å². The van der Waals surface area contributed by atoms with Gasteiger partial charge in [0.05, 0.1) is 12.0 Å². The van der Waals surface area contributed by atoms with E-state index < -0.39 is 5.41 Å². The number of ether oxygens (including phenoxy) is 1. The van der Waals surface area contributed by atoms with Gasteiger partial charge in [-0.15, -0.1) is 0 Å². The second-order valence-electron chi connectivity index (χ2n) is 6.87. The van der Waals surface area contributed by atoms with E-state index in [1.807, 2.05) is 41.3 Å². The third kappa shape index (κ3) is 4.08. The van der Waals surface area contributed by atoms with E-state index in [1.165, 1.54) is 0 Å². The van der Waals surface area contributed by atoms with Crippen LogP contribution in [0.5, 0.6) is 0 Å². The summed E-state index contributed by atoms with van der Waals surface area (Å²) in [7, 11) is 1.67. The number of methoxy groups -OCH3 is 1. The molecule has 0 unspecified atom stereocenters. The van der Waals surface area contributed by atoms with Crippen molar-refractivity contribution in [1.29, 1.82) is 0 Å². The minimum Gasteiger partial charge on any atom is -0.383 e. The first kappa shape index (κ1) is 18.9. The highest BCUT2D eigenvalue weighted by molar-refractivity contribution is 6.30. The monoisotopic (exact) mass is 372 g/mol. The molecule has 0 N–H and O–H groups in total. The van der Waals surface area contributed by atoms with Crippen molar-refractivity contribution in [3.63, 3.8) is 0 Å². The number of hydrogen-bond donors (Lipinski definition) is 0. The number of benzene rings is 1. The largest absolute Gasteiger partial charge is 0.383 e. The lowest BCUT2D eigenvalue weighted by Crippen LogP contribution is -2.46. The molecule has 1 amide bonds. The number of rotatable bonds is 7. The van der Waals surface area contributed by atoms with E-state index in [9.17, 15) is 4.79 Å². The number of amides is 1. The van der Waals surface area contributed by atoms with E-state index in [4.69, 9.17) is 16.3 Å². The third-order valence-corrected chi connectivity index (χ3v) is 5.49. The molecule has 1 aromatic heterocycles. The maximum atomic E-state index is 13.7. The number of hydrogen-bond acceptors (Lipinski definition) is 3. The minimum atomic E-state index is -0.453. The Morgan fingerprint density at radius 1 is 1.15 bits per heavy atom. The molecule has 1 fully saturated rings. The van der Waals surface area contributed by atoms with E-state index in [0.29, 0.717) is 24.7 Å². The molecule has 1 aliphatic rings. The molecule has 1 aliphatic carbocycles. The van der Waals surface area contributed by atoms with Crippen LogP contribution in [0.15, 0.2) is 48.8 Å². The van der Waals surface area contributed by atoms with Gasteiger partial charge in [0.2, 0.25) is 5.91 Å². The fourth-order valence-electron chi connectivity index (χ4n) is 3.84. The smallest absolute Gasteiger partial charge is 0.233 e. The summed E-state index contributed by atoms with van der Waals surface area (Å²) >= 11 is 6.06. The zero-order valence-electron chi connectivity index (χ0n) is 15.2. The van der Waals surface area contributed by atoms with Crippen LogP contribution in [0.25, 0.3) is 0 Å². The summed E-state index contributed by atoms with van der Waals surface area (Å²) in [5.41, 5.74) is 1.70. The first-order valence-corrected chi connectivity index (χ1v) is 9.47. The Balaban J connectivity index is 1.90. The minimum absolute atomic E-state index is 0.186. The van der Waals surface area contributed by atoms with Gasteiger partial charge in [0.25, 0.3) is 0 Å². The zero-order valence-corrected chi connectivity index (χ0v) is 15.9. The molecule has 1 aromatic carbocycles. The van der Waals surface area contributed by atoms with E-state index in [1.54, 1.807) is 19.5 Å². The number of halogens is 1. The SMILES string of the molecule is COCCN(Cc1ccncc1)C(=O)C1(c2ccc(Cl)cc2)CCCC1. The molecule has 3 rings (SSSR count). The highest BCUT2D eigenvalue weighted by Crippen LogP contribution is 2.43. The lowest BCUT2D eigenvalue weighted by molar-refractivity contribution is -0.138. The molecular formula is C21H25ClN2O2. The van der Waals surface area contributed by atoms with Crippen LogP contribution in [0, 0.1) is 0 Å². The second kappa shape index (κ2) is 8.65. The number of carbonyl (C=O) groups excluding carboxylic acids is 1. The first-order valence-electron chi connectivity index (χ1n) is 9.09. The van der Waals surface area contributed by atoms with Crippen molar-refractivity contribution >= 4 is 17.5 Å². The summed E-state index contributed by atoms with van der Waals surface area (Å²) in [4.78, 5) is 19.7. The highest BCUT2D eigenvalue weighted by atomic mass is 35.5. The van der Waals surface area contributed by atoms with E-state index in [0.717, 1.165) is 36.8 Å². The molecule has 5 heteroatoms. The molecule has 1 heterocycles. The third-order valence-electron chi connectivity index (χ3n) is 5.24. The maximum Gasteiger partial charge on any atom is 0.233 e. The summed E-state index contributed by atoms with van der Waals surface area (Å²) in [5.74, 6) is 0.186. The standard InChI is InChI=1S/C21H25ClN2O2/c1-26-15-14-24(16-17-8-12-23-13-9-17)20(25)21(10-2-3-11-21)18-4-6-19(22)7-5-18/h4-9,12-13H,2-3,10-11,14-16H2,1H3. The molecular weight excluding hydrogens is 348 g/mol. The average Bonchev–Trinajstić information content (AvgIpc) is 3.17. The van der Waals surface area contributed by atoms with Crippen molar-refractivity contribution in [2.75, 3.05) is 20.3 Å². The van der Waals surface area contributed by atoms with E-state index >= 15 is 0 Å². The zero-order chi connectivity index (χ0) is 18.4. The molecule has 0 bridgehead atoms. The van der Waals surface area contributed by atoms with Crippen LogP contribution < -0.4 is 0 Å². The Hall–Kier alpha value is -1.91. The van der Waals surface area contributed by atoms with Gasteiger partial charge in [-0.1, -0.05) is 36.6 Å². The van der Waals surface area contributed by atoms with Crippen LogP contribution >= 0.6 is 11.6 Å². The summed E-state index contributed by atoms with van der Waals surface area (Å²) in [6.07, 6.45) is 7.43. The number of nitrogens with zero attached hydrogens (tertiary/aromatic N) is 2. The van der Waals surface area contributed by atoms with Crippen molar-refractivity contribution in [2.24, 2.45) is 0 Å². The lowest BCUT2D eigenvalue weighted by atomic mass is 9.77. The second-order valence-corrected chi connectivity index (χ2v) is 7.31. The molecule has 1 saturated carbocycles. The summed E-state index contributed by atoms with van der Waals surface area (Å²) < 4.78 is 5.25. The molecule has 0 atom stereocenters.